The molecule has 78 valence electrons. The maximum atomic E-state index is 5.79. The largest absolute Gasteiger partial charge is 0.459 e. The molecule has 2 rings (SSSR count). The van der Waals surface area contributed by atoms with E-state index in [4.69, 9.17) is 4.42 Å². The first-order valence-corrected chi connectivity index (χ1v) is 6.34. The van der Waals surface area contributed by atoms with E-state index in [1.165, 1.54) is 0 Å². The molecule has 0 atom stereocenters. The predicted molar refractivity (Wildman–Crippen MR) is 68.9 cm³/mol. The normalized spacial score (nSPS) is 10.6. The lowest BCUT2D eigenvalue weighted by Gasteiger charge is -1.96. The van der Waals surface area contributed by atoms with Crippen LogP contribution in [0.15, 0.2) is 43.7 Å². The van der Waals surface area contributed by atoms with Crippen molar-refractivity contribution >= 4 is 31.9 Å². The van der Waals surface area contributed by atoms with Crippen LogP contribution in [0.25, 0.3) is 11.3 Å². The highest BCUT2D eigenvalue weighted by atomic mass is 79.9. The number of benzene rings is 1. The third-order valence-corrected chi connectivity index (χ3v) is 4.35. The Hall–Kier alpha value is -0.540. The van der Waals surface area contributed by atoms with Crippen LogP contribution in [-0.2, 0) is 6.42 Å². The van der Waals surface area contributed by atoms with Gasteiger partial charge in [0.2, 0.25) is 0 Å². The number of halogens is 2. The van der Waals surface area contributed by atoms with E-state index < -0.39 is 0 Å². The minimum absolute atomic E-state index is 0.881. The van der Waals surface area contributed by atoms with Crippen LogP contribution >= 0.6 is 31.9 Å². The van der Waals surface area contributed by atoms with Crippen molar-refractivity contribution in [2.75, 3.05) is 0 Å². The number of furan rings is 1. The van der Waals surface area contributed by atoms with Gasteiger partial charge in [0, 0.05) is 12.0 Å². The molecule has 0 radical (unpaired) electrons. The van der Waals surface area contributed by atoms with Crippen LogP contribution in [-0.4, -0.2) is 0 Å². The number of hydrogen-bond donors (Lipinski definition) is 0. The molecule has 1 aromatic carbocycles. The molecule has 2 aromatic rings. The van der Waals surface area contributed by atoms with Gasteiger partial charge in [-0.2, -0.15) is 0 Å². The smallest absolute Gasteiger partial charge is 0.149 e. The highest BCUT2D eigenvalue weighted by Crippen LogP contribution is 2.39. The van der Waals surface area contributed by atoms with Crippen molar-refractivity contribution in [3.05, 3.63) is 45.0 Å². The molecule has 3 heteroatoms. The fourth-order valence-electron chi connectivity index (χ4n) is 1.44. The molecule has 15 heavy (non-hydrogen) atoms. The molecule has 1 heterocycles. The molecule has 0 aliphatic carbocycles. The molecule has 0 saturated carbocycles. The SMILES string of the molecule is CCc1oc(-c2ccccc2)c(Br)c1Br. The van der Waals surface area contributed by atoms with Gasteiger partial charge in [-0.25, -0.2) is 0 Å². The van der Waals surface area contributed by atoms with Crippen LogP contribution in [0.1, 0.15) is 12.7 Å². The van der Waals surface area contributed by atoms with Crippen molar-refractivity contribution in [2.24, 2.45) is 0 Å². The van der Waals surface area contributed by atoms with E-state index in [9.17, 15) is 0 Å². The molecule has 0 aliphatic rings. The Labute approximate surface area is 106 Å². The summed E-state index contributed by atoms with van der Waals surface area (Å²) < 4.78 is 7.80. The zero-order chi connectivity index (χ0) is 10.8. The quantitative estimate of drug-likeness (QED) is 0.752. The molecule has 0 N–H and O–H groups in total. The Kier molecular flexibility index (Phi) is 3.32. The minimum atomic E-state index is 0.881. The molecule has 0 amide bonds. The fraction of sp³-hybridized carbons (Fsp3) is 0.167. The lowest BCUT2D eigenvalue weighted by Crippen LogP contribution is -1.73. The summed E-state index contributed by atoms with van der Waals surface area (Å²) in [7, 11) is 0. The van der Waals surface area contributed by atoms with Crippen molar-refractivity contribution in [1.82, 2.24) is 0 Å². The van der Waals surface area contributed by atoms with Gasteiger partial charge >= 0.3 is 0 Å². The molecule has 1 aromatic heterocycles. The van der Waals surface area contributed by atoms with Crippen LogP contribution in [0.4, 0.5) is 0 Å². The van der Waals surface area contributed by atoms with E-state index in [0.29, 0.717) is 0 Å². The molecule has 0 aliphatic heterocycles. The first-order chi connectivity index (χ1) is 7.24. The van der Waals surface area contributed by atoms with Gasteiger partial charge in [0.25, 0.3) is 0 Å². The lowest BCUT2D eigenvalue weighted by molar-refractivity contribution is 0.526. The maximum absolute atomic E-state index is 5.79. The van der Waals surface area contributed by atoms with E-state index in [-0.39, 0.29) is 0 Å². The van der Waals surface area contributed by atoms with Gasteiger partial charge in [-0.1, -0.05) is 37.3 Å². The molecule has 0 bridgehead atoms. The van der Waals surface area contributed by atoms with Crippen LogP contribution in [0.5, 0.6) is 0 Å². The number of hydrogen-bond acceptors (Lipinski definition) is 1. The third kappa shape index (κ3) is 2.04. The highest BCUT2D eigenvalue weighted by Gasteiger charge is 2.15. The Bertz CT molecular complexity index is 460. The van der Waals surface area contributed by atoms with Crippen LogP contribution in [0.2, 0.25) is 0 Å². The van der Waals surface area contributed by atoms with E-state index >= 15 is 0 Å². The van der Waals surface area contributed by atoms with E-state index in [1.807, 2.05) is 30.3 Å². The van der Waals surface area contributed by atoms with E-state index in [2.05, 4.69) is 38.8 Å². The van der Waals surface area contributed by atoms with E-state index in [0.717, 1.165) is 32.5 Å². The van der Waals surface area contributed by atoms with Crippen molar-refractivity contribution in [3.63, 3.8) is 0 Å². The number of aryl methyl sites for hydroxylation is 1. The molecule has 0 unspecified atom stereocenters. The second-order valence-corrected chi connectivity index (χ2v) is 4.79. The molecule has 0 spiro atoms. The zero-order valence-electron chi connectivity index (χ0n) is 8.26. The predicted octanol–water partition coefficient (Wildman–Crippen LogP) is 5.03. The zero-order valence-corrected chi connectivity index (χ0v) is 11.4. The summed E-state index contributed by atoms with van der Waals surface area (Å²) >= 11 is 7.06. The Morgan fingerprint density at radius 3 is 2.27 bits per heavy atom. The minimum Gasteiger partial charge on any atom is -0.459 e. The topological polar surface area (TPSA) is 13.1 Å². The van der Waals surface area contributed by atoms with E-state index in [1.54, 1.807) is 0 Å². The van der Waals surface area contributed by atoms with Crippen LogP contribution < -0.4 is 0 Å². The second-order valence-electron chi connectivity index (χ2n) is 3.20. The summed E-state index contributed by atoms with van der Waals surface area (Å²) in [5.41, 5.74) is 1.09. The van der Waals surface area contributed by atoms with Gasteiger partial charge in [0.05, 0.1) is 8.95 Å². The third-order valence-electron chi connectivity index (χ3n) is 2.22. The molecule has 0 fully saturated rings. The average molecular weight is 330 g/mol. The number of rotatable bonds is 2. The monoisotopic (exact) mass is 328 g/mol. The summed E-state index contributed by atoms with van der Waals surface area (Å²) in [5, 5.41) is 0. The van der Waals surface area contributed by atoms with Gasteiger partial charge < -0.3 is 4.42 Å². The Morgan fingerprint density at radius 1 is 1.07 bits per heavy atom. The Balaban J connectivity index is 2.55. The first kappa shape index (κ1) is 11.0. The molecular weight excluding hydrogens is 320 g/mol. The van der Waals surface area contributed by atoms with Gasteiger partial charge in [0.1, 0.15) is 11.5 Å². The maximum Gasteiger partial charge on any atom is 0.149 e. The van der Waals surface area contributed by atoms with Gasteiger partial charge in [-0.05, 0) is 31.9 Å². The van der Waals surface area contributed by atoms with Gasteiger partial charge in [0.15, 0.2) is 0 Å². The summed E-state index contributed by atoms with van der Waals surface area (Å²) in [6.07, 6.45) is 0.881. The molecule has 1 nitrogen and oxygen atoms in total. The molecule has 0 saturated heterocycles. The highest BCUT2D eigenvalue weighted by molar-refractivity contribution is 9.13. The summed E-state index contributed by atoms with van der Waals surface area (Å²) in [6.45, 7) is 2.07. The summed E-state index contributed by atoms with van der Waals surface area (Å²) in [6, 6.07) is 10.1. The van der Waals surface area contributed by atoms with Crippen molar-refractivity contribution in [3.8, 4) is 11.3 Å². The summed E-state index contributed by atoms with van der Waals surface area (Å²) in [5.74, 6) is 1.86. The van der Waals surface area contributed by atoms with Crippen molar-refractivity contribution < 1.29 is 4.42 Å². The first-order valence-electron chi connectivity index (χ1n) is 4.76. The molecular formula is C12H10Br2O. The fourth-order valence-corrected chi connectivity index (χ4v) is 2.51. The van der Waals surface area contributed by atoms with Crippen LogP contribution in [0.3, 0.4) is 0 Å². The average Bonchev–Trinajstić information content (AvgIpc) is 2.57. The lowest BCUT2D eigenvalue weighted by atomic mass is 10.2. The van der Waals surface area contributed by atoms with Crippen molar-refractivity contribution in [1.29, 1.82) is 0 Å². The Morgan fingerprint density at radius 2 is 1.73 bits per heavy atom. The van der Waals surface area contributed by atoms with Gasteiger partial charge in [-0.3, -0.25) is 0 Å². The van der Waals surface area contributed by atoms with Crippen LogP contribution in [0, 0.1) is 0 Å². The van der Waals surface area contributed by atoms with Gasteiger partial charge in [-0.15, -0.1) is 0 Å². The van der Waals surface area contributed by atoms with Crippen molar-refractivity contribution in [2.45, 2.75) is 13.3 Å². The second kappa shape index (κ2) is 4.54. The summed E-state index contributed by atoms with van der Waals surface area (Å²) in [4.78, 5) is 0. The standard InChI is InChI=1S/C12H10Br2O/c1-2-9-10(13)11(14)12(15-9)8-6-4-3-5-7-8/h3-7H,2H2,1H3.